The topological polar surface area (TPSA) is 56.3 Å². The van der Waals surface area contributed by atoms with Crippen LogP contribution in [0, 0.1) is 0 Å². The Morgan fingerprint density at radius 1 is 1.53 bits per heavy atom. The average Bonchev–Trinajstić information content (AvgIpc) is 3.04. The molecule has 19 heavy (non-hydrogen) atoms. The summed E-state index contributed by atoms with van der Waals surface area (Å²) in [6, 6.07) is 3.85. The fourth-order valence-corrected chi connectivity index (χ4v) is 2.65. The molecule has 104 valence electrons. The number of rotatable bonds is 6. The predicted molar refractivity (Wildman–Crippen MR) is 77.7 cm³/mol. The number of ether oxygens (including phenoxy) is 1. The first-order valence-corrected chi connectivity index (χ1v) is 7.05. The molecule has 0 radical (unpaired) electrons. The quantitative estimate of drug-likeness (QED) is 0.872. The van der Waals surface area contributed by atoms with Crippen molar-refractivity contribution in [2.24, 2.45) is 5.73 Å². The van der Waals surface area contributed by atoms with Gasteiger partial charge in [0.2, 0.25) is 0 Å². The van der Waals surface area contributed by atoms with E-state index in [1.165, 1.54) is 0 Å². The molecular weight excluding hydrogens is 260 g/mol. The summed E-state index contributed by atoms with van der Waals surface area (Å²) in [7, 11) is 5.73. The average molecular weight is 280 g/mol. The van der Waals surface area contributed by atoms with Crippen molar-refractivity contribution < 1.29 is 4.74 Å². The maximum atomic E-state index is 6.34. The minimum Gasteiger partial charge on any atom is -0.493 e. The van der Waals surface area contributed by atoms with Crippen LogP contribution in [-0.4, -0.2) is 42.4 Å². The molecule has 1 unspecified atom stereocenters. The maximum Gasteiger partial charge on any atom is 0.161 e. The largest absolute Gasteiger partial charge is 0.493 e. The molecule has 0 saturated heterocycles. The second-order valence-electron chi connectivity index (χ2n) is 4.62. The van der Waals surface area contributed by atoms with Gasteiger partial charge in [0.25, 0.3) is 0 Å². The Hall–Kier alpha value is -1.37. The van der Waals surface area contributed by atoms with Gasteiger partial charge in [-0.3, -0.25) is 4.68 Å². The highest BCUT2D eigenvalue weighted by molar-refractivity contribution is 7.10. The molecule has 0 aromatic carbocycles. The van der Waals surface area contributed by atoms with Crippen LogP contribution < -0.4 is 10.5 Å². The highest BCUT2D eigenvalue weighted by Crippen LogP contribution is 2.30. The summed E-state index contributed by atoms with van der Waals surface area (Å²) in [6.07, 6.45) is 1.73. The Morgan fingerprint density at radius 3 is 2.89 bits per heavy atom. The molecule has 2 heterocycles. The van der Waals surface area contributed by atoms with Crippen molar-refractivity contribution in [2.45, 2.75) is 12.6 Å². The van der Waals surface area contributed by atoms with Crippen LogP contribution in [0.2, 0.25) is 0 Å². The molecule has 0 amide bonds. The molecule has 2 rings (SSSR count). The first-order chi connectivity index (χ1) is 9.13. The minimum atomic E-state index is -0.195. The summed E-state index contributed by atoms with van der Waals surface area (Å²) in [5, 5.41) is 6.41. The zero-order chi connectivity index (χ0) is 13.8. The van der Waals surface area contributed by atoms with Crippen molar-refractivity contribution in [1.82, 2.24) is 14.7 Å². The second kappa shape index (κ2) is 6.18. The number of likely N-dealkylation sites (N-methyl/N-ethyl adjacent to an activating group) is 1. The second-order valence-corrected chi connectivity index (χ2v) is 5.60. The summed E-state index contributed by atoms with van der Waals surface area (Å²) in [4.78, 5) is 3.24. The zero-order valence-electron chi connectivity index (χ0n) is 11.5. The predicted octanol–water partition coefficient (Wildman–Crippen LogP) is 1.56. The first kappa shape index (κ1) is 14.0. The Kier molecular flexibility index (Phi) is 4.57. The van der Waals surface area contributed by atoms with Crippen molar-refractivity contribution >= 4 is 11.3 Å². The van der Waals surface area contributed by atoms with Gasteiger partial charge in [0.15, 0.2) is 5.75 Å². The fraction of sp³-hybridized carbons (Fsp3) is 0.462. The fourth-order valence-electron chi connectivity index (χ4n) is 1.92. The summed E-state index contributed by atoms with van der Waals surface area (Å²) in [6.45, 7) is 1.71. The Balaban J connectivity index is 2.28. The summed E-state index contributed by atoms with van der Waals surface area (Å²) in [5.74, 6) is 0.750. The number of hydrogen-bond acceptors (Lipinski definition) is 5. The van der Waals surface area contributed by atoms with Crippen LogP contribution in [0.3, 0.4) is 0 Å². The maximum absolute atomic E-state index is 6.34. The van der Waals surface area contributed by atoms with E-state index >= 15 is 0 Å². The lowest BCUT2D eigenvalue weighted by molar-refractivity contribution is 0.363. The number of nitrogens with two attached hydrogens (primary N) is 1. The third kappa shape index (κ3) is 3.15. The van der Waals surface area contributed by atoms with E-state index in [1.807, 2.05) is 36.3 Å². The molecule has 0 fully saturated rings. The van der Waals surface area contributed by atoms with E-state index in [0.29, 0.717) is 0 Å². The third-order valence-corrected chi connectivity index (χ3v) is 3.92. The molecule has 0 spiro atoms. The van der Waals surface area contributed by atoms with E-state index in [4.69, 9.17) is 10.5 Å². The van der Waals surface area contributed by atoms with Crippen LogP contribution >= 0.6 is 11.3 Å². The van der Waals surface area contributed by atoms with Gasteiger partial charge in [0.1, 0.15) is 5.69 Å². The molecule has 6 heteroatoms. The van der Waals surface area contributed by atoms with Gasteiger partial charge in [0.05, 0.1) is 25.9 Å². The lowest BCUT2D eigenvalue weighted by Gasteiger charge is -2.16. The Bertz CT molecular complexity index is 507. The number of nitrogens with zero attached hydrogens (tertiary/aromatic N) is 3. The number of aromatic nitrogens is 2. The minimum absolute atomic E-state index is 0.195. The highest BCUT2D eigenvalue weighted by atomic mass is 32.1. The molecular formula is C13H20N4OS. The van der Waals surface area contributed by atoms with Gasteiger partial charge in [-0.1, -0.05) is 6.07 Å². The Labute approximate surface area is 117 Å². The van der Waals surface area contributed by atoms with Crippen molar-refractivity contribution in [3.8, 4) is 5.75 Å². The van der Waals surface area contributed by atoms with Gasteiger partial charge in [-0.15, -0.1) is 11.3 Å². The molecule has 0 aliphatic rings. The SMILES string of the molecule is COc1cnn(CCN(C)C)c1C(N)c1cccs1. The van der Waals surface area contributed by atoms with Crippen molar-refractivity contribution in [3.63, 3.8) is 0 Å². The smallest absolute Gasteiger partial charge is 0.161 e. The van der Waals surface area contributed by atoms with Gasteiger partial charge >= 0.3 is 0 Å². The van der Waals surface area contributed by atoms with Gasteiger partial charge in [-0.2, -0.15) is 5.10 Å². The number of methoxy groups -OCH3 is 1. The van der Waals surface area contributed by atoms with Gasteiger partial charge in [-0.05, 0) is 25.5 Å². The van der Waals surface area contributed by atoms with Crippen molar-refractivity contribution in [1.29, 1.82) is 0 Å². The summed E-state index contributed by atoms with van der Waals surface area (Å²) in [5.41, 5.74) is 7.28. The summed E-state index contributed by atoms with van der Waals surface area (Å²) >= 11 is 1.65. The molecule has 2 aromatic rings. The van der Waals surface area contributed by atoms with Gasteiger partial charge in [-0.25, -0.2) is 0 Å². The molecule has 2 aromatic heterocycles. The van der Waals surface area contributed by atoms with Crippen molar-refractivity contribution in [3.05, 3.63) is 34.3 Å². The number of hydrogen-bond donors (Lipinski definition) is 1. The van der Waals surface area contributed by atoms with Crippen molar-refractivity contribution in [2.75, 3.05) is 27.7 Å². The van der Waals surface area contributed by atoms with E-state index in [9.17, 15) is 0 Å². The van der Waals surface area contributed by atoms with E-state index in [1.54, 1.807) is 24.6 Å². The molecule has 0 aliphatic heterocycles. The van der Waals surface area contributed by atoms with Crippen LogP contribution in [0.25, 0.3) is 0 Å². The monoisotopic (exact) mass is 280 g/mol. The van der Waals surface area contributed by atoms with E-state index in [2.05, 4.69) is 10.00 Å². The van der Waals surface area contributed by atoms with E-state index in [-0.39, 0.29) is 6.04 Å². The molecule has 2 N–H and O–H groups in total. The molecule has 0 bridgehead atoms. The lowest BCUT2D eigenvalue weighted by Crippen LogP contribution is -2.23. The van der Waals surface area contributed by atoms with Gasteiger partial charge < -0.3 is 15.4 Å². The van der Waals surface area contributed by atoms with Crippen LogP contribution in [0.5, 0.6) is 5.75 Å². The Morgan fingerprint density at radius 2 is 2.32 bits per heavy atom. The molecule has 0 saturated carbocycles. The lowest BCUT2D eigenvalue weighted by atomic mass is 10.1. The molecule has 0 aliphatic carbocycles. The van der Waals surface area contributed by atoms with Crippen LogP contribution in [0.4, 0.5) is 0 Å². The standard InChI is InChI=1S/C13H20N4OS/c1-16(2)6-7-17-13(10(18-3)9-15-17)12(14)11-5-4-8-19-11/h4-5,8-9,12H,6-7,14H2,1-3H3. The van der Waals surface area contributed by atoms with E-state index in [0.717, 1.165) is 29.4 Å². The zero-order valence-corrected chi connectivity index (χ0v) is 12.4. The summed E-state index contributed by atoms with van der Waals surface area (Å²) < 4.78 is 7.31. The van der Waals surface area contributed by atoms with E-state index < -0.39 is 0 Å². The third-order valence-electron chi connectivity index (χ3n) is 2.97. The number of thiophene rings is 1. The van der Waals surface area contributed by atoms with Crippen LogP contribution in [-0.2, 0) is 6.54 Å². The highest BCUT2D eigenvalue weighted by Gasteiger charge is 2.20. The van der Waals surface area contributed by atoms with Crippen LogP contribution in [0.1, 0.15) is 16.6 Å². The van der Waals surface area contributed by atoms with Crippen LogP contribution in [0.15, 0.2) is 23.7 Å². The normalized spacial score (nSPS) is 12.9. The first-order valence-electron chi connectivity index (χ1n) is 6.17. The molecule has 1 atom stereocenters. The molecule has 5 nitrogen and oxygen atoms in total. The van der Waals surface area contributed by atoms with Gasteiger partial charge in [0, 0.05) is 11.4 Å².